The first kappa shape index (κ1) is 8.79. The van der Waals surface area contributed by atoms with E-state index in [1.54, 1.807) is 0 Å². The van der Waals surface area contributed by atoms with Crippen LogP contribution in [-0.4, -0.2) is 71.5 Å². The fraction of sp³-hybridized carbons (Fsp3) is 0.889. The normalized spacial score (nSPS) is 51.9. The average molecular weight is 197 g/mol. The van der Waals surface area contributed by atoms with E-state index in [9.17, 15) is 4.79 Å². The number of hydrogen-bond donors (Lipinski definition) is 0. The SMILES string of the molecule is CC(C=O)[N+]12CN3CN(CN(C3)C1)C2. The molecule has 0 amide bonds. The van der Waals surface area contributed by atoms with Crippen molar-refractivity contribution in [3.8, 4) is 0 Å². The predicted octanol–water partition coefficient (Wildman–Crippen LogP) is -0.918. The molecule has 5 heteroatoms. The van der Waals surface area contributed by atoms with E-state index < -0.39 is 0 Å². The number of rotatable bonds is 2. The van der Waals surface area contributed by atoms with Gasteiger partial charge in [-0.3, -0.25) is 9.28 Å². The predicted molar refractivity (Wildman–Crippen MR) is 50.5 cm³/mol. The van der Waals surface area contributed by atoms with E-state index in [0.29, 0.717) is 0 Å². The van der Waals surface area contributed by atoms with E-state index in [1.165, 1.54) is 0 Å². The van der Waals surface area contributed by atoms with Crippen molar-refractivity contribution >= 4 is 6.29 Å². The molecule has 0 aromatic carbocycles. The molecule has 4 bridgehead atoms. The summed E-state index contributed by atoms with van der Waals surface area (Å²) in [6.07, 6.45) is 1.11. The molecule has 14 heavy (non-hydrogen) atoms. The van der Waals surface area contributed by atoms with Gasteiger partial charge in [-0.15, -0.1) is 0 Å². The van der Waals surface area contributed by atoms with Gasteiger partial charge in [0.15, 0.2) is 6.29 Å². The van der Waals surface area contributed by atoms with Gasteiger partial charge in [-0.1, -0.05) is 0 Å². The Hall–Kier alpha value is -0.490. The second kappa shape index (κ2) is 2.76. The van der Waals surface area contributed by atoms with E-state index in [4.69, 9.17) is 0 Å². The van der Waals surface area contributed by atoms with Crippen molar-refractivity contribution in [2.24, 2.45) is 0 Å². The maximum atomic E-state index is 10.9. The van der Waals surface area contributed by atoms with Crippen molar-refractivity contribution in [2.75, 3.05) is 40.0 Å². The molecular formula is C9H17N4O+. The van der Waals surface area contributed by atoms with Gasteiger partial charge in [0.25, 0.3) is 0 Å². The summed E-state index contributed by atoms with van der Waals surface area (Å²) in [6.45, 7) is 8.45. The zero-order chi connectivity index (χ0) is 9.76. The monoisotopic (exact) mass is 197 g/mol. The van der Waals surface area contributed by atoms with Gasteiger partial charge in [0.1, 0.15) is 26.0 Å². The largest absolute Gasteiger partial charge is 0.297 e. The topological polar surface area (TPSA) is 26.8 Å². The van der Waals surface area contributed by atoms with E-state index in [-0.39, 0.29) is 6.04 Å². The molecule has 4 aliphatic rings. The number of carbonyl (C=O) groups excluding carboxylic acids is 1. The zero-order valence-corrected chi connectivity index (χ0v) is 8.59. The Morgan fingerprint density at radius 1 is 1.07 bits per heavy atom. The van der Waals surface area contributed by atoms with Gasteiger partial charge < -0.3 is 0 Å². The highest BCUT2D eigenvalue weighted by Crippen LogP contribution is 2.30. The maximum absolute atomic E-state index is 10.9. The average Bonchev–Trinajstić information content (AvgIpc) is 2.14. The standard InChI is InChI=1S/C9H17N4O/c1-9(2-14)13-6-10-3-11(7-13)5-12(4-10)8-13/h2,9H,3-8H2,1H3/q+1. The summed E-state index contributed by atoms with van der Waals surface area (Å²) in [7, 11) is 0. The van der Waals surface area contributed by atoms with Crippen molar-refractivity contribution in [1.82, 2.24) is 14.7 Å². The Morgan fingerprint density at radius 2 is 1.50 bits per heavy atom. The van der Waals surface area contributed by atoms with Crippen LogP contribution in [0.15, 0.2) is 0 Å². The van der Waals surface area contributed by atoms with Crippen LogP contribution >= 0.6 is 0 Å². The van der Waals surface area contributed by atoms with Gasteiger partial charge in [0, 0.05) is 0 Å². The minimum Gasteiger partial charge on any atom is -0.297 e. The first-order chi connectivity index (χ1) is 6.72. The minimum absolute atomic E-state index is 0.128. The van der Waals surface area contributed by atoms with Crippen LogP contribution in [0.2, 0.25) is 0 Å². The van der Waals surface area contributed by atoms with Crippen LogP contribution < -0.4 is 0 Å². The molecule has 4 aliphatic heterocycles. The molecule has 0 N–H and O–H groups in total. The fourth-order valence-corrected chi connectivity index (χ4v) is 3.10. The van der Waals surface area contributed by atoms with Crippen LogP contribution in [0.3, 0.4) is 0 Å². The minimum atomic E-state index is 0.128. The third kappa shape index (κ3) is 1.07. The molecule has 0 radical (unpaired) electrons. The fourth-order valence-electron chi connectivity index (χ4n) is 3.10. The summed E-state index contributed by atoms with van der Waals surface area (Å²) < 4.78 is 0.920. The van der Waals surface area contributed by atoms with Crippen LogP contribution in [0.1, 0.15) is 6.92 Å². The number of nitrogens with zero attached hydrogens (tertiary/aromatic N) is 4. The summed E-state index contributed by atoms with van der Waals surface area (Å²) in [6, 6.07) is 0.128. The first-order valence-corrected chi connectivity index (χ1v) is 5.20. The molecule has 1 atom stereocenters. The summed E-state index contributed by atoms with van der Waals surface area (Å²) in [4.78, 5) is 18.2. The molecule has 78 valence electrons. The van der Waals surface area contributed by atoms with Gasteiger partial charge in [-0.25, -0.2) is 14.7 Å². The maximum Gasteiger partial charge on any atom is 0.177 e. The second-order valence-electron chi connectivity index (χ2n) is 4.96. The highest BCUT2D eigenvalue weighted by atomic mass is 16.1. The molecule has 0 spiro atoms. The lowest BCUT2D eigenvalue weighted by Crippen LogP contribution is -2.81. The second-order valence-corrected chi connectivity index (χ2v) is 4.96. The Balaban J connectivity index is 1.90. The summed E-state index contributed by atoms with van der Waals surface area (Å²) in [5.41, 5.74) is 0. The Labute approximate surface area is 84.1 Å². The summed E-state index contributed by atoms with van der Waals surface area (Å²) in [5, 5.41) is 0. The van der Waals surface area contributed by atoms with Gasteiger partial charge in [0.05, 0.1) is 20.0 Å². The molecule has 1 unspecified atom stereocenters. The molecular weight excluding hydrogens is 180 g/mol. The molecule has 0 aliphatic carbocycles. The quantitative estimate of drug-likeness (QED) is 0.423. The summed E-state index contributed by atoms with van der Waals surface area (Å²) in [5.74, 6) is 0. The lowest BCUT2D eigenvalue weighted by Gasteiger charge is -2.61. The van der Waals surface area contributed by atoms with Crippen LogP contribution in [0.5, 0.6) is 0 Å². The summed E-state index contributed by atoms with van der Waals surface area (Å²) >= 11 is 0. The van der Waals surface area contributed by atoms with E-state index >= 15 is 0 Å². The lowest BCUT2D eigenvalue weighted by molar-refractivity contribution is -0.990. The lowest BCUT2D eigenvalue weighted by atomic mass is 10.2. The number of aldehydes is 1. The Morgan fingerprint density at radius 3 is 1.86 bits per heavy atom. The van der Waals surface area contributed by atoms with E-state index in [2.05, 4.69) is 14.7 Å². The number of quaternary nitrogens is 1. The van der Waals surface area contributed by atoms with Crippen LogP contribution in [0.25, 0.3) is 0 Å². The van der Waals surface area contributed by atoms with Gasteiger partial charge in [0.2, 0.25) is 0 Å². The smallest absolute Gasteiger partial charge is 0.177 e. The van der Waals surface area contributed by atoms with Gasteiger partial charge >= 0.3 is 0 Å². The van der Waals surface area contributed by atoms with Crippen molar-refractivity contribution in [1.29, 1.82) is 0 Å². The van der Waals surface area contributed by atoms with Crippen molar-refractivity contribution in [3.63, 3.8) is 0 Å². The highest BCUT2D eigenvalue weighted by Gasteiger charge is 2.50. The van der Waals surface area contributed by atoms with Crippen LogP contribution in [0, 0.1) is 0 Å². The van der Waals surface area contributed by atoms with Crippen molar-refractivity contribution in [3.05, 3.63) is 0 Å². The molecule has 4 fully saturated rings. The molecule has 5 nitrogen and oxygen atoms in total. The Bertz CT molecular complexity index is 232. The number of carbonyl (C=O) groups is 1. The zero-order valence-electron chi connectivity index (χ0n) is 8.59. The molecule has 4 heterocycles. The van der Waals surface area contributed by atoms with Crippen molar-refractivity contribution in [2.45, 2.75) is 13.0 Å². The molecule has 0 aromatic heterocycles. The van der Waals surface area contributed by atoms with E-state index in [0.717, 1.165) is 50.8 Å². The van der Waals surface area contributed by atoms with Crippen molar-refractivity contribution < 1.29 is 9.28 Å². The third-order valence-corrected chi connectivity index (χ3v) is 3.71. The van der Waals surface area contributed by atoms with Crippen LogP contribution in [-0.2, 0) is 4.79 Å². The van der Waals surface area contributed by atoms with Gasteiger partial charge in [-0.2, -0.15) is 0 Å². The van der Waals surface area contributed by atoms with Gasteiger partial charge in [-0.05, 0) is 6.92 Å². The third-order valence-electron chi connectivity index (χ3n) is 3.71. The molecule has 4 saturated heterocycles. The van der Waals surface area contributed by atoms with Crippen LogP contribution in [0.4, 0.5) is 0 Å². The first-order valence-electron chi connectivity index (χ1n) is 5.20. The Kier molecular flexibility index (Phi) is 1.73. The molecule has 0 saturated carbocycles. The molecule has 0 aromatic rings. The van der Waals surface area contributed by atoms with E-state index in [1.807, 2.05) is 6.92 Å². The highest BCUT2D eigenvalue weighted by molar-refractivity contribution is 5.55. The number of hydrogen-bond acceptors (Lipinski definition) is 4. The molecule has 4 rings (SSSR count).